The van der Waals surface area contributed by atoms with Crippen molar-refractivity contribution in [3.8, 4) is 16.9 Å². The Balaban J connectivity index is 2.34. The van der Waals surface area contributed by atoms with Crippen molar-refractivity contribution < 1.29 is 5.11 Å². The summed E-state index contributed by atoms with van der Waals surface area (Å²) < 4.78 is 0. The monoisotopic (exact) mass is 251 g/mol. The molecule has 19 heavy (non-hydrogen) atoms. The fourth-order valence-corrected chi connectivity index (χ4v) is 2.24. The van der Waals surface area contributed by atoms with Crippen molar-refractivity contribution in [3.63, 3.8) is 0 Å². The topological polar surface area (TPSA) is 85.2 Å². The zero-order valence-corrected chi connectivity index (χ0v) is 10.2. The van der Waals surface area contributed by atoms with Gasteiger partial charge in [0.05, 0.1) is 0 Å². The summed E-state index contributed by atoms with van der Waals surface area (Å²) in [6.45, 7) is 0. The van der Waals surface area contributed by atoms with E-state index in [1.165, 1.54) is 0 Å². The molecule has 0 radical (unpaired) electrons. The van der Waals surface area contributed by atoms with E-state index >= 15 is 0 Å². The highest BCUT2D eigenvalue weighted by molar-refractivity contribution is 6.01. The maximum atomic E-state index is 9.89. The maximum absolute atomic E-state index is 9.89. The molecule has 0 aliphatic heterocycles. The van der Waals surface area contributed by atoms with Gasteiger partial charge in [-0.15, -0.1) is 0 Å². The molecule has 1 aromatic heterocycles. The first-order valence-corrected chi connectivity index (χ1v) is 5.90. The molecule has 0 atom stereocenters. The van der Waals surface area contributed by atoms with Crippen LogP contribution in [0, 0.1) is 0 Å². The smallest absolute Gasteiger partial charge is 0.133 e. The Hall–Kier alpha value is -2.75. The molecule has 0 amide bonds. The van der Waals surface area contributed by atoms with E-state index in [0.29, 0.717) is 11.6 Å². The van der Waals surface area contributed by atoms with E-state index in [0.717, 1.165) is 21.9 Å². The van der Waals surface area contributed by atoms with E-state index in [4.69, 9.17) is 11.5 Å². The zero-order chi connectivity index (χ0) is 13.4. The summed E-state index contributed by atoms with van der Waals surface area (Å²) in [7, 11) is 0. The summed E-state index contributed by atoms with van der Waals surface area (Å²) in [5, 5.41) is 11.6. The minimum absolute atomic E-state index is 0.251. The molecular formula is C15H13N3O. The number of nitrogen functional groups attached to an aromatic ring is 2. The van der Waals surface area contributed by atoms with Crippen LogP contribution in [0.4, 0.5) is 11.6 Å². The number of rotatable bonds is 1. The number of phenolic OH excluding ortho intramolecular Hbond substituents is 1. The van der Waals surface area contributed by atoms with Gasteiger partial charge in [0, 0.05) is 10.9 Å². The van der Waals surface area contributed by atoms with Crippen LogP contribution in [-0.2, 0) is 0 Å². The number of nitrogens with two attached hydrogens (primary N) is 2. The number of phenols is 1. The minimum atomic E-state index is 0.251. The first-order valence-electron chi connectivity index (χ1n) is 5.90. The van der Waals surface area contributed by atoms with Crippen LogP contribution in [0.15, 0.2) is 48.5 Å². The SMILES string of the molecule is Nc1ccc(-c2ccc(O)c3ccccc23)c(N)n1. The van der Waals surface area contributed by atoms with Crippen LogP contribution in [0.2, 0.25) is 0 Å². The van der Waals surface area contributed by atoms with Crippen LogP contribution in [-0.4, -0.2) is 10.1 Å². The molecule has 0 unspecified atom stereocenters. The number of benzene rings is 2. The summed E-state index contributed by atoms with van der Waals surface area (Å²) in [5.74, 6) is 1.03. The number of aromatic hydroxyl groups is 1. The third-order valence-electron chi connectivity index (χ3n) is 3.14. The van der Waals surface area contributed by atoms with Gasteiger partial charge in [0.2, 0.25) is 0 Å². The van der Waals surface area contributed by atoms with Gasteiger partial charge >= 0.3 is 0 Å². The van der Waals surface area contributed by atoms with Crippen LogP contribution in [0.25, 0.3) is 21.9 Å². The lowest BCUT2D eigenvalue weighted by atomic mass is 9.98. The molecule has 0 saturated heterocycles. The third-order valence-corrected chi connectivity index (χ3v) is 3.14. The molecular weight excluding hydrogens is 238 g/mol. The summed E-state index contributed by atoms with van der Waals surface area (Å²) in [6, 6.07) is 14.7. The lowest BCUT2D eigenvalue weighted by molar-refractivity contribution is 0.481. The standard InChI is InChI=1S/C15H13N3O/c16-14-8-6-12(15(17)18-14)10-5-7-13(19)11-4-2-1-3-9(10)11/h1-8,19H,(H4,16,17,18). The molecule has 0 saturated carbocycles. The molecule has 4 heteroatoms. The summed E-state index contributed by atoms with van der Waals surface area (Å²) in [5.41, 5.74) is 13.3. The van der Waals surface area contributed by atoms with Crippen molar-refractivity contribution in [1.82, 2.24) is 4.98 Å². The molecule has 94 valence electrons. The molecule has 4 nitrogen and oxygen atoms in total. The minimum Gasteiger partial charge on any atom is -0.507 e. The highest BCUT2D eigenvalue weighted by Gasteiger charge is 2.10. The second kappa shape index (κ2) is 4.17. The summed E-state index contributed by atoms with van der Waals surface area (Å²) in [4.78, 5) is 4.07. The van der Waals surface area contributed by atoms with Crippen LogP contribution in [0.3, 0.4) is 0 Å². The fraction of sp³-hybridized carbons (Fsp3) is 0. The Bertz CT molecular complexity index is 768. The van der Waals surface area contributed by atoms with Crippen molar-refractivity contribution >= 4 is 22.4 Å². The quantitative estimate of drug-likeness (QED) is 0.620. The predicted molar refractivity (Wildman–Crippen MR) is 77.7 cm³/mol. The number of pyridine rings is 1. The predicted octanol–water partition coefficient (Wildman–Crippen LogP) is 2.77. The lowest BCUT2D eigenvalue weighted by Gasteiger charge is -2.10. The molecule has 3 aromatic rings. The molecule has 0 bridgehead atoms. The molecule has 0 aliphatic rings. The van der Waals surface area contributed by atoms with Gasteiger partial charge in [0.15, 0.2) is 0 Å². The maximum Gasteiger partial charge on any atom is 0.133 e. The van der Waals surface area contributed by atoms with E-state index in [-0.39, 0.29) is 5.75 Å². The zero-order valence-electron chi connectivity index (χ0n) is 10.2. The fourth-order valence-electron chi connectivity index (χ4n) is 2.24. The first-order chi connectivity index (χ1) is 9.16. The van der Waals surface area contributed by atoms with Gasteiger partial charge < -0.3 is 16.6 Å². The van der Waals surface area contributed by atoms with Gasteiger partial charge in [0.1, 0.15) is 17.4 Å². The summed E-state index contributed by atoms with van der Waals surface area (Å²) in [6.07, 6.45) is 0. The normalized spacial score (nSPS) is 10.7. The molecule has 0 spiro atoms. The van der Waals surface area contributed by atoms with Gasteiger partial charge in [0.25, 0.3) is 0 Å². The number of nitrogens with zero attached hydrogens (tertiary/aromatic N) is 1. The molecule has 0 aliphatic carbocycles. The summed E-state index contributed by atoms with van der Waals surface area (Å²) >= 11 is 0. The molecule has 2 aromatic carbocycles. The van der Waals surface area contributed by atoms with Gasteiger partial charge in [-0.05, 0) is 35.2 Å². The lowest BCUT2D eigenvalue weighted by Crippen LogP contribution is -1.98. The van der Waals surface area contributed by atoms with Gasteiger partial charge in [-0.3, -0.25) is 0 Å². The van der Waals surface area contributed by atoms with E-state index in [2.05, 4.69) is 4.98 Å². The second-order valence-electron chi connectivity index (χ2n) is 4.35. The van der Waals surface area contributed by atoms with Crippen LogP contribution in [0.1, 0.15) is 0 Å². The largest absolute Gasteiger partial charge is 0.507 e. The first kappa shape index (κ1) is 11.3. The Morgan fingerprint density at radius 2 is 1.47 bits per heavy atom. The highest BCUT2D eigenvalue weighted by atomic mass is 16.3. The van der Waals surface area contributed by atoms with Crippen LogP contribution in [0.5, 0.6) is 5.75 Å². The van der Waals surface area contributed by atoms with Gasteiger partial charge in [-0.1, -0.05) is 24.3 Å². The average molecular weight is 251 g/mol. The number of hydrogen-bond donors (Lipinski definition) is 3. The Morgan fingerprint density at radius 1 is 0.789 bits per heavy atom. The van der Waals surface area contributed by atoms with Crippen molar-refractivity contribution in [2.24, 2.45) is 0 Å². The highest BCUT2D eigenvalue weighted by Crippen LogP contribution is 2.35. The van der Waals surface area contributed by atoms with Gasteiger partial charge in [-0.25, -0.2) is 4.98 Å². The Kier molecular flexibility index (Phi) is 2.49. The van der Waals surface area contributed by atoms with Gasteiger partial charge in [-0.2, -0.15) is 0 Å². The third kappa shape index (κ3) is 1.83. The van der Waals surface area contributed by atoms with E-state index in [1.54, 1.807) is 12.1 Å². The molecule has 3 rings (SSSR count). The van der Waals surface area contributed by atoms with Crippen molar-refractivity contribution in [1.29, 1.82) is 0 Å². The molecule has 5 N–H and O–H groups in total. The number of aromatic nitrogens is 1. The Labute approximate surface area is 110 Å². The number of fused-ring (bicyclic) bond motifs is 1. The number of anilines is 2. The van der Waals surface area contributed by atoms with E-state index < -0.39 is 0 Å². The van der Waals surface area contributed by atoms with E-state index in [1.807, 2.05) is 36.4 Å². The second-order valence-corrected chi connectivity index (χ2v) is 4.35. The van der Waals surface area contributed by atoms with Crippen molar-refractivity contribution in [2.75, 3.05) is 11.5 Å². The number of hydrogen-bond acceptors (Lipinski definition) is 4. The van der Waals surface area contributed by atoms with Crippen molar-refractivity contribution in [3.05, 3.63) is 48.5 Å². The molecule has 1 heterocycles. The van der Waals surface area contributed by atoms with Crippen LogP contribution >= 0.6 is 0 Å². The van der Waals surface area contributed by atoms with E-state index in [9.17, 15) is 5.11 Å². The average Bonchev–Trinajstić information content (AvgIpc) is 2.41. The van der Waals surface area contributed by atoms with Crippen molar-refractivity contribution in [2.45, 2.75) is 0 Å². The Morgan fingerprint density at radius 3 is 2.21 bits per heavy atom. The van der Waals surface area contributed by atoms with Crippen LogP contribution < -0.4 is 11.5 Å². The molecule has 0 fully saturated rings.